The first-order chi connectivity index (χ1) is 9.74. The molecule has 0 aliphatic carbocycles. The second kappa shape index (κ2) is 5.43. The number of hydrogen-bond donors (Lipinski definition) is 1. The number of rotatable bonds is 2. The van der Waals surface area contributed by atoms with Crippen molar-refractivity contribution in [3.63, 3.8) is 0 Å². The van der Waals surface area contributed by atoms with Crippen LogP contribution in [-0.2, 0) is 0 Å². The second-order valence-electron chi connectivity index (χ2n) is 4.40. The number of nitrogens with zero attached hydrogens (tertiary/aromatic N) is 2. The maximum atomic E-state index is 6.01. The van der Waals surface area contributed by atoms with Crippen molar-refractivity contribution < 1.29 is 0 Å². The van der Waals surface area contributed by atoms with Crippen LogP contribution in [-0.4, -0.2) is 0 Å². The van der Waals surface area contributed by atoms with Gasteiger partial charge in [0.15, 0.2) is 0 Å². The average Bonchev–Trinajstić information content (AvgIpc) is 2.48. The van der Waals surface area contributed by atoms with E-state index in [1.165, 1.54) is 0 Å². The Hall–Kier alpha value is -2.20. The smallest absolute Gasteiger partial charge is 0.116 e. The quantitative estimate of drug-likeness (QED) is 0.483. The van der Waals surface area contributed by atoms with Crippen molar-refractivity contribution in [2.45, 2.75) is 0 Å². The van der Waals surface area contributed by atoms with Crippen molar-refractivity contribution in [2.75, 3.05) is 5.73 Å². The van der Waals surface area contributed by atoms with Gasteiger partial charge in [0.2, 0.25) is 0 Å². The lowest BCUT2D eigenvalue weighted by molar-refractivity contribution is 1.24. The number of nitrogen functional groups attached to an aromatic ring is 1. The second-order valence-corrected chi connectivity index (χ2v) is 5.32. The van der Waals surface area contributed by atoms with Crippen LogP contribution in [0.25, 0.3) is 10.8 Å². The molecule has 0 aromatic heterocycles. The van der Waals surface area contributed by atoms with E-state index in [2.05, 4.69) is 26.2 Å². The van der Waals surface area contributed by atoms with E-state index in [0.29, 0.717) is 11.4 Å². The number of azo groups is 1. The normalized spacial score (nSPS) is 11.2. The Kier molecular flexibility index (Phi) is 3.48. The van der Waals surface area contributed by atoms with Crippen LogP contribution in [0.5, 0.6) is 0 Å². The summed E-state index contributed by atoms with van der Waals surface area (Å²) >= 11 is 3.39. The van der Waals surface area contributed by atoms with Gasteiger partial charge in [0.25, 0.3) is 0 Å². The fraction of sp³-hybridized carbons (Fsp3) is 0. The van der Waals surface area contributed by atoms with Gasteiger partial charge in [0, 0.05) is 9.86 Å². The molecule has 0 spiro atoms. The Labute approximate surface area is 125 Å². The van der Waals surface area contributed by atoms with E-state index < -0.39 is 0 Å². The summed E-state index contributed by atoms with van der Waals surface area (Å²) in [5.74, 6) is 0. The Bertz CT molecular complexity index is 779. The molecule has 0 unspecified atom stereocenters. The van der Waals surface area contributed by atoms with Gasteiger partial charge in [-0.15, -0.1) is 5.11 Å². The molecule has 0 fully saturated rings. The zero-order valence-corrected chi connectivity index (χ0v) is 12.2. The molecular weight excluding hydrogens is 314 g/mol. The van der Waals surface area contributed by atoms with Crippen LogP contribution in [0.2, 0.25) is 0 Å². The van der Waals surface area contributed by atoms with E-state index in [9.17, 15) is 0 Å². The van der Waals surface area contributed by atoms with Crippen LogP contribution in [0.15, 0.2) is 75.4 Å². The first kappa shape index (κ1) is 12.8. The van der Waals surface area contributed by atoms with Crippen molar-refractivity contribution in [3.8, 4) is 0 Å². The lowest BCUT2D eigenvalue weighted by atomic mass is 10.1. The monoisotopic (exact) mass is 325 g/mol. The summed E-state index contributed by atoms with van der Waals surface area (Å²) in [6.07, 6.45) is 0. The van der Waals surface area contributed by atoms with E-state index in [4.69, 9.17) is 5.73 Å². The van der Waals surface area contributed by atoms with Crippen LogP contribution in [0.1, 0.15) is 0 Å². The molecule has 0 atom stereocenters. The highest BCUT2D eigenvalue weighted by atomic mass is 79.9. The minimum atomic E-state index is 0.629. The Balaban J connectivity index is 2.06. The highest BCUT2D eigenvalue weighted by molar-refractivity contribution is 9.10. The molecule has 20 heavy (non-hydrogen) atoms. The summed E-state index contributed by atoms with van der Waals surface area (Å²) in [6.45, 7) is 0. The lowest BCUT2D eigenvalue weighted by Crippen LogP contribution is -1.85. The van der Waals surface area contributed by atoms with Crippen LogP contribution < -0.4 is 5.73 Å². The molecule has 0 saturated heterocycles. The van der Waals surface area contributed by atoms with Gasteiger partial charge in [0.1, 0.15) is 5.69 Å². The predicted molar refractivity (Wildman–Crippen MR) is 86.7 cm³/mol. The van der Waals surface area contributed by atoms with Crippen molar-refractivity contribution in [2.24, 2.45) is 10.2 Å². The number of benzene rings is 3. The van der Waals surface area contributed by atoms with Gasteiger partial charge in [0.05, 0.1) is 11.4 Å². The maximum Gasteiger partial charge on any atom is 0.116 e. The lowest BCUT2D eigenvalue weighted by Gasteiger charge is -2.04. The number of hydrogen-bond acceptors (Lipinski definition) is 3. The van der Waals surface area contributed by atoms with Gasteiger partial charge in [-0.3, -0.25) is 0 Å². The largest absolute Gasteiger partial charge is 0.397 e. The van der Waals surface area contributed by atoms with Gasteiger partial charge in [-0.05, 0) is 35.7 Å². The molecule has 0 bridgehead atoms. The molecule has 0 aliphatic heterocycles. The highest BCUT2D eigenvalue weighted by Crippen LogP contribution is 2.33. The Morgan fingerprint density at radius 1 is 0.800 bits per heavy atom. The van der Waals surface area contributed by atoms with Crippen LogP contribution in [0.4, 0.5) is 17.1 Å². The maximum absolute atomic E-state index is 6.01. The third kappa shape index (κ3) is 2.56. The van der Waals surface area contributed by atoms with Gasteiger partial charge in [-0.25, -0.2) is 0 Å². The summed E-state index contributed by atoms with van der Waals surface area (Å²) in [7, 11) is 0. The summed E-state index contributed by atoms with van der Waals surface area (Å²) in [6, 6.07) is 19.5. The van der Waals surface area contributed by atoms with E-state index in [1.807, 2.05) is 60.7 Å². The van der Waals surface area contributed by atoms with Crippen molar-refractivity contribution in [1.29, 1.82) is 0 Å². The topological polar surface area (TPSA) is 50.7 Å². The molecular formula is C16H12BrN3. The molecule has 0 saturated carbocycles. The Morgan fingerprint density at radius 3 is 2.35 bits per heavy atom. The van der Waals surface area contributed by atoms with Crippen LogP contribution in [0, 0.1) is 0 Å². The van der Waals surface area contributed by atoms with E-state index in [-0.39, 0.29) is 0 Å². The zero-order valence-electron chi connectivity index (χ0n) is 10.6. The molecule has 3 aromatic carbocycles. The third-order valence-corrected chi connectivity index (χ3v) is 3.55. The molecule has 0 amide bonds. The summed E-state index contributed by atoms with van der Waals surface area (Å²) in [4.78, 5) is 0. The molecule has 3 aromatic rings. The van der Waals surface area contributed by atoms with Gasteiger partial charge >= 0.3 is 0 Å². The van der Waals surface area contributed by atoms with Crippen molar-refractivity contribution >= 4 is 43.8 Å². The SMILES string of the molecule is Nc1ccc2ccccc2c1/N=N/c1ccc(Br)cc1. The van der Waals surface area contributed by atoms with E-state index in [1.54, 1.807) is 0 Å². The number of anilines is 1. The van der Waals surface area contributed by atoms with E-state index in [0.717, 1.165) is 20.9 Å². The third-order valence-electron chi connectivity index (χ3n) is 3.02. The standard InChI is InChI=1S/C16H12BrN3/c17-12-6-8-13(9-7-12)19-20-16-14-4-2-1-3-11(14)5-10-15(16)18/h1-10H,18H2/b20-19+. The summed E-state index contributed by atoms with van der Waals surface area (Å²) in [5, 5.41) is 10.7. The molecule has 0 aliphatic rings. The van der Waals surface area contributed by atoms with Crippen molar-refractivity contribution in [3.05, 3.63) is 65.1 Å². The van der Waals surface area contributed by atoms with Crippen molar-refractivity contribution in [1.82, 2.24) is 0 Å². The van der Waals surface area contributed by atoms with Crippen LogP contribution >= 0.6 is 15.9 Å². The minimum Gasteiger partial charge on any atom is -0.397 e. The number of nitrogens with two attached hydrogens (primary N) is 1. The molecule has 4 heteroatoms. The molecule has 3 nitrogen and oxygen atoms in total. The first-order valence-electron chi connectivity index (χ1n) is 6.18. The van der Waals surface area contributed by atoms with Gasteiger partial charge in [-0.2, -0.15) is 5.11 Å². The van der Waals surface area contributed by atoms with Crippen LogP contribution in [0.3, 0.4) is 0 Å². The minimum absolute atomic E-state index is 0.629. The fourth-order valence-electron chi connectivity index (χ4n) is 2.00. The summed E-state index contributed by atoms with van der Waals surface area (Å²) < 4.78 is 1.01. The molecule has 0 radical (unpaired) electrons. The molecule has 3 rings (SSSR count). The van der Waals surface area contributed by atoms with Gasteiger partial charge < -0.3 is 5.73 Å². The number of halogens is 1. The Morgan fingerprint density at radius 2 is 1.55 bits per heavy atom. The fourth-order valence-corrected chi connectivity index (χ4v) is 2.26. The highest BCUT2D eigenvalue weighted by Gasteiger charge is 2.04. The first-order valence-corrected chi connectivity index (χ1v) is 6.98. The van der Waals surface area contributed by atoms with Gasteiger partial charge in [-0.1, -0.05) is 46.3 Å². The molecule has 2 N–H and O–H groups in total. The number of fused-ring (bicyclic) bond motifs is 1. The molecule has 98 valence electrons. The predicted octanol–water partition coefficient (Wildman–Crippen LogP) is 5.60. The zero-order chi connectivity index (χ0) is 13.9. The van der Waals surface area contributed by atoms with E-state index >= 15 is 0 Å². The average molecular weight is 326 g/mol. The summed E-state index contributed by atoms with van der Waals surface area (Å²) in [5.41, 5.74) is 8.15. The molecule has 0 heterocycles.